The van der Waals surface area contributed by atoms with Crippen molar-refractivity contribution >= 4 is 11.9 Å². The van der Waals surface area contributed by atoms with Crippen molar-refractivity contribution in [3.05, 3.63) is 101 Å². The first-order chi connectivity index (χ1) is 12.1. The third-order valence-electron chi connectivity index (χ3n) is 5.48. The van der Waals surface area contributed by atoms with E-state index < -0.39 is 0 Å². The average molecular weight is 326 g/mol. The lowest BCUT2D eigenvalue weighted by Crippen LogP contribution is -2.31. The van der Waals surface area contributed by atoms with Crippen molar-refractivity contribution in [3.63, 3.8) is 0 Å². The van der Waals surface area contributed by atoms with Crippen LogP contribution in [0.1, 0.15) is 30.5 Å². The maximum atomic E-state index is 12.3. The topological polar surface area (TPSA) is 17.1 Å². The summed E-state index contributed by atoms with van der Waals surface area (Å²) in [6.07, 6.45) is 9.91. The van der Waals surface area contributed by atoms with Gasteiger partial charge in [0.25, 0.3) is 0 Å². The zero-order valence-electron chi connectivity index (χ0n) is 14.7. The first-order valence-electron chi connectivity index (χ1n) is 8.85. The van der Waals surface area contributed by atoms with Crippen LogP contribution in [0.15, 0.2) is 84.0 Å². The molecule has 0 heterocycles. The largest absolute Gasteiger partial charge is 0.289 e. The Labute approximate surface area is 149 Å². The molecule has 1 nitrogen and oxygen atoms in total. The van der Waals surface area contributed by atoms with Gasteiger partial charge in [-0.15, -0.1) is 0 Å². The minimum absolute atomic E-state index is 0.167. The van der Waals surface area contributed by atoms with E-state index in [1.165, 1.54) is 16.7 Å². The summed E-state index contributed by atoms with van der Waals surface area (Å²) >= 11 is 0. The maximum Gasteiger partial charge on any atom is 0.183 e. The van der Waals surface area contributed by atoms with Crippen LogP contribution < -0.4 is 0 Å². The molecule has 1 atom stereocenters. The molecular formula is C24H22O. The Morgan fingerprint density at radius 2 is 1.56 bits per heavy atom. The molecule has 0 bridgehead atoms. The molecule has 0 radical (unpaired) electrons. The lowest BCUT2D eigenvalue weighted by atomic mass is 9.69. The predicted octanol–water partition coefficient (Wildman–Crippen LogP) is 5.29. The highest BCUT2D eigenvalue weighted by molar-refractivity contribution is 6.09. The van der Waals surface area contributed by atoms with Gasteiger partial charge >= 0.3 is 0 Å². The van der Waals surface area contributed by atoms with E-state index in [-0.39, 0.29) is 11.2 Å². The number of carbonyl (C=O) groups is 1. The number of benzene rings is 2. The quantitative estimate of drug-likeness (QED) is 0.733. The molecule has 2 aromatic carbocycles. The number of allylic oxidation sites excluding steroid dienone is 5. The summed E-state index contributed by atoms with van der Waals surface area (Å²) in [5, 5.41) is 0. The molecule has 0 N–H and O–H groups in total. The molecule has 1 unspecified atom stereocenters. The van der Waals surface area contributed by atoms with Gasteiger partial charge in [-0.2, -0.15) is 0 Å². The molecule has 0 aliphatic heterocycles. The third-order valence-corrected chi connectivity index (χ3v) is 5.48. The van der Waals surface area contributed by atoms with Crippen molar-refractivity contribution in [3.8, 4) is 0 Å². The fourth-order valence-electron chi connectivity index (χ4n) is 4.31. The van der Waals surface area contributed by atoms with E-state index in [4.69, 9.17) is 0 Å². The van der Waals surface area contributed by atoms with Gasteiger partial charge in [-0.1, -0.05) is 78.9 Å². The Morgan fingerprint density at radius 1 is 0.920 bits per heavy atom. The van der Waals surface area contributed by atoms with Gasteiger partial charge in [-0.25, -0.2) is 0 Å². The zero-order chi connectivity index (χ0) is 17.4. The van der Waals surface area contributed by atoms with E-state index in [9.17, 15) is 4.79 Å². The van der Waals surface area contributed by atoms with Gasteiger partial charge < -0.3 is 0 Å². The molecule has 2 aliphatic rings. The molecule has 4 rings (SSSR count). The van der Waals surface area contributed by atoms with Crippen LogP contribution >= 0.6 is 0 Å². The average Bonchev–Trinajstić information content (AvgIpc) is 2.92. The summed E-state index contributed by atoms with van der Waals surface area (Å²) in [4.78, 5) is 12.3. The summed E-state index contributed by atoms with van der Waals surface area (Å²) in [6, 6.07) is 19.1. The van der Waals surface area contributed by atoms with Crippen molar-refractivity contribution in [2.75, 3.05) is 0 Å². The molecule has 124 valence electrons. The molecule has 0 saturated heterocycles. The van der Waals surface area contributed by atoms with Crippen LogP contribution in [0.4, 0.5) is 0 Å². The number of Topliss-reactive ketones (excluding diaryl/α,β-unsaturated/α-hetero) is 1. The van der Waals surface area contributed by atoms with E-state index in [1.54, 1.807) is 0 Å². The molecule has 0 fully saturated rings. The molecule has 0 saturated carbocycles. The summed E-state index contributed by atoms with van der Waals surface area (Å²) in [7, 11) is 0. The SMILES string of the molecule is CC1=CC2(C=C(C)C1=O)c1ccccc1CC2/C=C/c1ccccc1. The summed E-state index contributed by atoms with van der Waals surface area (Å²) < 4.78 is 0. The van der Waals surface area contributed by atoms with Gasteiger partial charge in [-0.3, -0.25) is 4.79 Å². The van der Waals surface area contributed by atoms with Gasteiger partial charge in [0.15, 0.2) is 5.78 Å². The number of hydrogen-bond acceptors (Lipinski definition) is 1. The Morgan fingerprint density at radius 3 is 2.28 bits per heavy atom. The van der Waals surface area contributed by atoms with Crippen molar-refractivity contribution < 1.29 is 4.79 Å². The van der Waals surface area contributed by atoms with E-state index in [1.807, 2.05) is 19.9 Å². The minimum Gasteiger partial charge on any atom is -0.289 e. The van der Waals surface area contributed by atoms with Crippen molar-refractivity contribution in [2.45, 2.75) is 25.7 Å². The van der Waals surface area contributed by atoms with Crippen molar-refractivity contribution in [1.82, 2.24) is 0 Å². The Balaban J connectivity index is 1.82. The Hall–Kier alpha value is -2.67. The Kier molecular flexibility index (Phi) is 3.80. The lowest BCUT2D eigenvalue weighted by molar-refractivity contribution is -0.112. The van der Waals surface area contributed by atoms with Gasteiger partial charge in [0.2, 0.25) is 0 Å². The molecule has 0 aromatic heterocycles. The normalized spacial score (nSPS) is 21.4. The molecule has 1 spiro atoms. The minimum atomic E-state index is -0.204. The second-order valence-electron chi connectivity index (χ2n) is 7.15. The lowest BCUT2D eigenvalue weighted by Gasteiger charge is -2.33. The smallest absolute Gasteiger partial charge is 0.183 e. The number of rotatable bonds is 2. The zero-order valence-corrected chi connectivity index (χ0v) is 14.7. The number of carbonyl (C=O) groups excluding carboxylic acids is 1. The highest BCUT2D eigenvalue weighted by atomic mass is 16.1. The summed E-state index contributed by atoms with van der Waals surface area (Å²) in [6.45, 7) is 3.89. The molecule has 2 aliphatic carbocycles. The first-order valence-corrected chi connectivity index (χ1v) is 8.85. The van der Waals surface area contributed by atoms with Gasteiger partial charge in [-0.05, 0) is 54.0 Å². The summed E-state index contributed by atoms with van der Waals surface area (Å²) in [5.74, 6) is 0.490. The van der Waals surface area contributed by atoms with Gasteiger partial charge in [0, 0.05) is 5.41 Å². The maximum absolute atomic E-state index is 12.3. The first kappa shape index (κ1) is 15.8. The third kappa shape index (κ3) is 2.60. The predicted molar refractivity (Wildman–Crippen MR) is 103 cm³/mol. The van der Waals surface area contributed by atoms with Crippen molar-refractivity contribution in [1.29, 1.82) is 0 Å². The fraction of sp³-hybridized carbons (Fsp3) is 0.208. The molecule has 2 aromatic rings. The monoisotopic (exact) mass is 326 g/mol. The fourth-order valence-corrected chi connectivity index (χ4v) is 4.31. The van der Waals surface area contributed by atoms with Crippen LogP contribution in [-0.2, 0) is 16.6 Å². The number of fused-ring (bicyclic) bond motifs is 2. The van der Waals surface area contributed by atoms with Gasteiger partial charge in [0.05, 0.1) is 0 Å². The summed E-state index contributed by atoms with van der Waals surface area (Å²) in [5.41, 5.74) is 5.44. The van der Waals surface area contributed by atoms with Crippen LogP contribution in [0.25, 0.3) is 6.08 Å². The van der Waals surface area contributed by atoms with Crippen LogP contribution in [0, 0.1) is 5.92 Å². The molecule has 1 heteroatoms. The highest BCUT2D eigenvalue weighted by Gasteiger charge is 2.44. The number of ketones is 1. The molecular weight excluding hydrogens is 304 g/mol. The van der Waals surface area contributed by atoms with E-state index >= 15 is 0 Å². The van der Waals surface area contributed by atoms with E-state index in [0.717, 1.165) is 17.6 Å². The van der Waals surface area contributed by atoms with Crippen LogP contribution in [0.5, 0.6) is 0 Å². The van der Waals surface area contributed by atoms with Gasteiger partial charge in [0.1, 0.15) is 0 Å². The van der Waals surface area contributed by atoms with Crippen LogP contribution in [0.2, 0.25) is 0 Å². The van der Waals surface area contributed by atoms with Crippen molar-refractivity contribution in [2.24, 2.45) is 5.92 Å². The van der Waals surface area contributed by atoms with Crippen LogP contribution in [-0.4, -0.2) is 5.78 Å². The second kappa shape index (κ2) is 6.00. The van der Waals surface area contributed by atoms with Crippen LogP contribution in [0.3, 0.4) is 0 Å². The standard InChI is InChI=1S/C24H22O/c1-17-15-24(16-18(2)23(17)25)21(13-12-19-8-4-3-5-9-19)14-20-10-6-7-11-22(20)24/h3-13,15-16,21H,14H2,1-2H3/b13-12+. The number of hydrogen-bond donors (Lipinski definition) is 0. The van der Waals surface area contributed by atoms with E-state index in [0.29, 0.717) is 5.92 Å². The molecule has 25 heavy (non-hydrogen) atoms. The Bertz CT molecular complexity index is 890. The molecule has 0 amide bonds. The highest BCUT2D eigenvalue weighted by Crippen LogP contribution is 2.49. The van der Waals surface area contributed by atoms with E-state index in [2.05, 4.69) is 72.8 Å². The second-order valence-corrected chi connectivity index (χ2v) is 7.15.